The number of allylic oxidation sites excluding steroid dienone is 3. The monoisotopic (exact) mass is 1000 g/mol. The van der Waals surface area contributed by atoms with E-state index in [1.807, 2.05) is 165 Å². The second-order valence-electron chi connectivity index (χ2n) is 13.3. The summed E-state index contributed by atoms with van der Waals surface area (Å²) in [6.07, 6.45) is -1.70. The molecule has 0 aliphatic carbocycles. The molecule has 1 radical (unpaired) electrons. The molecule has 0 unspecified atom stereocenters. The Balaban J connectivity index is 0.000000200. The fraction of sp³-hybridized carbons (Fsp3) is 0.0833. The van der Waals surface area contributed by atoms with Crippen LogP contribution in [0.5, 0.6) is 5.75 Å². The van der Waals surface area contributed by atoms with Gasteiger partial charge in [-0.2, -0.15) is 13.2 Å². The summed E-state index contributed by atoms with van der Waals surface area (Å²) in [6.45, 7) is 5.71. The maximum Gasteiger partial charge on any atom is 0.455 e. The minimum Gasteiger partial charge on any atom is -0.506 e. The Morgan fingerprint density at radius 2 is 1.05 bits per heavy atom. The Bertz CT molecular complexity index is 2600. The summed E-state index contributed by atoms with van der Waals surface area (Å²) in [7, 11) is -2.15. The molecule has 313 valence electrons. The number of ketones is 1. The van der Waals surface area contributed by atoms with Crippen molar-refractivity contribution in [2.45, 2.75) is 13.1 Å². The quantitative estimate of drug-likeness (QED) is 0.0665. The summed E-state index contributed by atoms with van der Waals surface area (Å²) >= 11 is 0. The Kier molecular flexibility index (Phi) is 17.4. The van der Waals surface area contributed by atoms with Crippen LogP contribution >= 0.6 is 14.3 Å². The molecule has 0 bridgehead atoms. The number of Topliss-reactive ketones (excluding diaryl/α,β-unsaturated/α-hetero) is 1. The van der Waals surface area contributed by atoms with Crippen molar-refractivity contribution < 1.29 is 86.0 Å². The molecule has 7 nitrogen and oxygen atoms in total. The molecule has 0 fully saturated rings. The van der Waals surface area contributed by atoms with Crippen molar-refractivity contribution >= 4 is 63.2 Å². The van der Waals surface area contributed by atoms with Crippen LogP contribution in [0.25, 0.3) is 11.0 Å². The summed E-state index contributed by atoms with van der Waals surface area (Å²) in [5.74, 6) is -3.47. The van der Waals surface area contributed by atoms with Crippen molar-refractivity contribution in [2.24, 2.45) is 0 Å². The molecule has 1 heterocycles. The van der Waals surface area contributed by atoms with E-state index in [2.05, 4.69) is 6.58 Å². The van der Waals surface area contributed by atoms with Gasteiger partial charge in [0.25, 0.3) is 5.78 Å². The topological polar surface area (TPSA) is 105 Å². The van der Waals surface area contributed by atoms with Gasteiger partial charge >= 0.3 is 11.8 Å². The van der Waals surface area contributed by atoms with Gasteiger partial charge in [0, 0.05) is 107 Å². The van der Waals surface area contributed by atoms with Crippen LogP contribution in [0.3, 0.4) is 0 Å². The predicted octanol–water partition coefficient (Wildman–Crippen LogP) is 9.73. The van der Waals surface area contributed by atoms with E-state index in [0.29, 0.717) is 5.69 Å². The van der Waals surface area contributed by atoms with E-state index >= 15 is 0 Å². The number of benzene rings is 6. The van der Waals surface area contributed by atoms with E-state index in [0.717, 1.165) is 31.8 Å². The van der Waals surface area contributed by atoms with Crippen LogP contribution in [-0.4, -0.2) is 31.2 Å². The third-order valence-corrected chi connectivity index (χ3v) is 15.6. The van der Waals surface area contributed by atoms with Crippen LogP contribution in [-0.2, 0) is 9.13 Å². The first-order chi connectivity index (χ1) is 28.7. The van der Waals surface area contributed by atoms with Gasteiger partial charge < -0.3 is 23.6 Å². The first-order valence-corrected chi connectivity index (χ1v) is 21.9. The van der Waals surface area contributed by atoms with Crippen LogP contribution in [0.1, 0.15) is 17.3 Å². The molecular formula is C48H42EuF3NO6P2. The fourth-order valence-electron chi connectivity index (χ4n) is 6.31. The van der Waals surface area contributed by atoms with Crippen LogP contribution < -0.4 is 37.0 Å². The molecule has 0 aliphatic heterocycles. The maximum atomic E-state index is 13.8. The molecule has 6 aromatic carbocycles. The first-order valence-electron chi connectivity index (χ1n) is 18.5. The van der Waals surface area contributed by atoms with Gasteiger partial charge in [0.05, 0.1) is 5.39 Å². The molecule has 0 saturated carbocycles. The van der Waals surface area contributed by atoms with Crippen LogP contribution in [0.15, 0.2) is 203 Å². The number of alkyl halides is 3. The van der Waals surface area contributed by atoms with Gasteiger partial charge in [-0.25, -0.2) is 4.79 Å². The standard InChI is InChI=1S/C18H15OP.C17H17OP.C13H10F3NO4.Eu/c19-20(16-10-4-1-5-11-16,17-12-6-2-7-13-17)18-14-8-3-9-15-18;1-3-15(4-2)19(18,16-11-7-5-8-12-16)17-13-9-6-10-14-17;1-17(2)6-3-4-7-8(5-6)21-12(20)9(10(7)18)11(19)13(14,15)16;/h1-15H;3-14H,1H2,2H3;3-5,18H,1-2H3;/b;15-4+;;. The molecule has 7 rings (SSSR count). The predicted molar refractivity (Wildman–Crippen MR) is 238 cm³/mol. The molecule has 1 aromatic heterocycles. The van der Waals surface area contributed by atoms with Crippen LogP contribution in [0.2, 0.25) is 0 Å². The number of carbonyl (C=O) groups excluding carboxylic acids is 1. The normalized spacial score (nSPS) is 11.5. The fourth-order valence-corrected chi connectivity index (χ4v) is 11.7. The van der Waals surface area contributed by atoms with Crippen molar-refractivity contribution in [3.63, 3.8) is 0 Å². The van der Waals surface area contributed by atoms with Crippen molar-refractivity contribution in [3.05, 3.63) is 210 Å². The molecular weight excluding hydrogens is 957 g/mol. The van der Waals surface area contributed by atoms with E-state index in [1.54, 1.807) is 25.1 Å². The van der Waals surface area contributed by atoms with Gasteiger partial charge in [-0.3, -0.25) is 4.79 Å². The minimum absolute atomic E-state index is 0. The summed E-state index contributed by atoms with van der Waals surface area (Å²) in [5, 5.41) is 14.7. The van der Waals surface area contributed by atoms with Gasteiger partial charge in [0.1, 0.15) is 11.3 Å². The first kappa shape index (κ1) is 48.8. The molecule has 0 spiro atoms. The number of rotatable bonds is 9. The number of halogens is 3. The van der Waals surface area contributed by atoms with E-state index in [-0.39, 0.29) is 60.3 Å². The number of fused-ring (bicyclic) bond motifs is 1. The number of carbonyl (C=O) groups is 1. The summed E-state index contributed by atoms with van der Waals surface area (Å²) in [6, 6.07) is 52.5. The Morgan fingerprint density at radius 3 is 1.38 bits per heavy atom. The maximum absolute atomic E-state index is 13.8. The molecule has 0 atom stereocenters. The molecule has 13 heteroatoms. The summed E-state index contributed by atoms with van der Waals surface area (Å²) in [4.78, 5) is 24.4. The van der Waals surface area contributed by atoms with Gasteiger partial charge in [-0.05, 0) is 19.1 Å². The smallest absolute Gasteiger partial charge is 0.455 e. The van der Waals surface area contributed by atoms with Crippen LogP contribution in [0, 0.1) is 49.4 Å². The Labute approximate surface area is 393 Å². The van der Waals surface area contributed by atoms with Crippen molar-refractivity contribution in [3.8, 4) is 5.75 Å². The zero-order chi connectivity index (χ0) is 43.5. The van der Waals surface area contributed by atoms with Gasteiger partial charge in [0.2, 0.25) is 0 Å². The van der Waals surface area contributed by atoms with E-state index in [4.69, 9.17) is 4.42 Å². The van der Waals surface area contributed by atoms with Gasteiger partial charge in [-0.15, -0.1) is 0 Å². The Morgan fingerprint density at radius 1 is 0.672 bits per heavy atom. The molecule has 61 heavy (non-hydrogen) atoms. The molecule has 1 N–H and O–H groups in total. The number of hydrogen-bond donors (Lipinski definition) is 1. The Hall–Kier alpha value is -4.89. The van der Waals surface area contributed by atoms with E-state index in [1.165, 1.54) is 18.2 Å². The second kappa shape index (κ2) is 21.8. The molecule has 0 aliphatic rings. The largest absolute Gasteiger partial charge is 0.506 e. The third kappa shape index (κ3) is 11.1. The van der Waals surface area contributed by atoms with Gasteiger partial charge in [-0.1, -0.05) is 170 Å². The summed E-state index contributed by atoms with van der Waals surface area (Å²) in [5.41, 5.74) is -2.44. The van der Waals surface area contributed by atoms with E-state index < -0.39 is 43.2 Å². The molecule has 7 aromatic rings. The SMILES string of the molecule is C=C/C(=C\C)P(=O)(c1ccccc1)c1ccccc1.CN(C)c1ccc2c(O)c(C(=O)C(F)(F)F)c(=O)oc2c1.O=P(c1ccccc1)(c1ccccc1)c1ccccc1.[Eu]. The van der Waals surface area contributed by atoms with Crippen molar-refractivity contribution in [1.82, 2.24) is 0 Å². The van der Waals surface area contributed by atoms with E-state index in [9.17, 15) is 37.0 Å². The third-order valence-electron chi connectivity index (χ3n) is 9.33. The minimum atomic E-state index is -5.27. The zero-order valence-electron chi connectivity index (χ0n) is 33.4. The number of hydrogen-bond acceptors (Lipinski definition) is 7. The van der Waals surface area contributed by atoms with Crippen molar-refractivity contribution in [2.75, 3.05) is 19.0 Å². The molecule has 0 saturated heterocycles. The van der Waals surface area contributed by atoms with Crippen LogP contribution in [0.4, 0.5) is 18.9 Å². The average molecular weight is 1000 g/mol. The zero-order valence-corrected chi connectivity index (χ0v) is 37.6. The number of nitrogens with zero attached hydrogens (tertiary/aromatic N) is 1. The number of anilines is 1. The number of aromatic hydroxyl groups is 1. The summed E-state index contributed by atoms with van der Waals surface area (Å²) < 4.78 is 69.4. The average Bonchev–Trinajstić information content (AvgIpc) is 3.27. The molecule has 0 amide bonds. The second-order valence-corrected chi connectivity index (χ2v) is 18.9. The van der Waals surface area contributed by atoms with Crippen molar-refractivity contribution in [1.29, 1.82) is 0 Å². The van der Waals surface area contributed by atoms with Gasteiger partial charge in [0.15, 0.2) is 19.8 Å².